The van der Waals surface area contributed by atoms with E-state index in [1.807, 2.05) is 0 Å². The Bertz CT molecular complexity index is 539. The molecule has 0 fully saturated rings. The number of nitro benzene ring substituents is 1. The van der Waals surface area contributed by atoms with Crippen LogP contribution in [0.1, 0.15) is 5.56 Å². The van der Waals surface area contributed by atoms with Crippen LogP contribution in [0, 0.1) is 17.0 Å². The monoisotopic (exact) mass is 238 g/mol. The molecule has 6 nitrogen and oxygen atoms in total. The van der Waals surface area contributed by atoms with Gasteiger partial charge >= 0.3 is 0 Å². The molecular formula is C9H7ClN4O2. The largest absolute Gasteiger partial charge is 0.273 e. The minimum Gasteiger partial charge on any atom is -0.258 e. The number of halogens is 1. The molecule has 0 radical (unpaired) electrons. The molecule has 1 aromatic heterocycles. The second kappa shape index (κ2) is 3.90. The molecule has 0 saturated carbocycles. The third kappa shape index (κ3) is 1.74. The molecule has 82 valence electrons. The van der Waals surface area contributed by atoms with Gasteiger partial charge in [0, 0.05) is 11.6 Å². The second-order valence-electron chi connectivity index (χ2n) is 3.17. The number of hydrogen-bond acceptors (Lipinski definition) is 4. The van der Waals surface area contributed by atoms with Gasteiger partial charge in [0.1, 0.15) is 5.69 Å². The van der Waals surface area contributed by atoms with Crippen LogP contribution in [-0.2, 0) is 0 Å². The Morgan fingerprint density at radius 1 is 1.38 bits per heavy atom. The summed E-state index contributed by atoms with van der Waals surface area (Å²) in [5.41, 5.74) is 1.03. The molecular weight excluding hydrogens is 232 g/mol. The Morgan fingerprint density at radius 3 is 2.56 bits per heavy atom. The van der Waals surface area contributed by atoms with Crippen molar-refractivity contribution in [1.29, 1.82) is 0 Å². The number of nitro groups is 1. The molecule has 0 N–H and O–H groups in total. The van der Waals surface area contributed by atoms with E-state index in [2.05, 4.69) is 10.2 Å². The molecule has 0 atom stereocenters. The lowest BCUT2D eigenvalue weighted by Crippen LogP contribution is -2.01. The van der Waals surface area contributed by atoms with Crippen molar-refractivity contribution in [2.75, 3.05) is 0 Å². The minimum absolute atomic E-state index is 0.0130. The normalized spacial score (nSPS) is 10.4. The average molecular weight is 239 g/mol. The molecule has 1 heterocycles. The number of nitrogens with zero attached hydrogens (tertiary/aromatic N) is 4. The summed E-state index contributed by atoms with van der Waals surface area (Å²) >= 11 is 5.93. The van der Waals surface area contributed by atoms with E-state index in [-0.39, 0.29) is 10.7 Å². The molecule has 2 aromatic rings. The summed E-state index contributed by atoms with van der Waals surface area (Å²) in [7, 11) is 0. The quantitative estimate of drug-likeness (QED) is 0.593. The van der Waals surface area contributed by atoms with Gasteiger partial charge in [0.05, 0.1) is 22.3 Å². The SMILES string of the molecule is Cc1cc(-n2nccn2)c(Cl)cc1[N+](=O)[O-]. The third-order valence-electron chi connectivity index (χ3n) is 2.10. The van der Waals surface area contributed by atoms with Crippen LogP contribution in [0.15, 0.2) is 24.5 Å². The van der Waals surface area contributed by atoms with E-state index in [1.165, 1.54) is 23.3 Å². The maximum absolute atomic E-state index is 10.7. The maximum Gasteiger partial charge on any atom is 0.273 e. The van der Waals surface area contributed by atoms with Gasteiger partial charge in [-0.15, -0.1) is 0 Å². The number of aryl methyl sites for hydroxylation is 1. The van der Waals surface area contributed by atoms with Gasteiger partial charge in [-0.25, -0.2) is 0 Å². The fourth-order valence-electron chi connectivity index (χ4n) is 1.35. The lowest BCUT2D eigenvalue weighted by atomic mass is 10.2. The lowest BCUT2D eigenvalue weighted by molar-refractivity contribution is -0.385. The Labute approximate surface area is 95.6 Å². The van der Waals surface area contributed by atoms with Crippen LogP contribution in [0.2, 0.25) is 5.02 Å². The Balaban J connectivity index is 2.59. The Morgan fingerprint density at radius 2 is 2.00 bits per heavy atom. The van der Waals surface area contributed by atoms with Crippen molar-refractivity contribution in [3.8, 4) is 5.69 Å². The first-order chi connectivity index (χ1) is 7.59. The highest BCUT2D eigenvalue weighted by molar-refractivity contribution is 6.32. The summed E-state index contributed by atoms with van der Waals surface area (Å²) in [6, 6.07) is 2.88. The zero-order valence-electron chi connectivity index (χ0n) is 8.29. The number of aromatic nitrogens is 3. The first kappa shape index (κ1) is 10.6. The van der Waals surface area contributed by atoms with Crippen LogP contribution in [0.5, 0.6) is 0 Å². The summed E-state index contributed by atoms with van der Waals surface area (Å²) in [5, 5.41) is 18.8. The minimum atomic E-state index is -0.471. The summed E-state index contributed by atoms with van der Waals surface area (Å²) < 4.78 is 0. The van der Waals surface area contributed by atoms with Crippen molar-refractivity contribution in [1.82, 2.24) is 15.0 Å². The molecule has 0 saturated heterocycles. The first-order valence-electron chi connectivity index (χ1n) is 4.41. The van der Waals surface area contributed by atoms with Gasteiger partial charge in [0.15, 0.2) is 0 Å². The molecule has 2 rings (SSSR count). The fourth-order valence-corrected chi connectivity index (χ4v) is 1.58. The highest BCUT2D eigenvalue weighted by Gasteiger charge is 2.15. The number of benzene rings is 1. The summed E-state index contributed by atoms with van der Waals surface area (Å²) in [5.74, 6) is 0. The van der Waals surface area contributed by atoms with Crippen LogP contribution in [0.4, 0.5) is 5.69 Å². The molecule has 0 aliphatic rings. The molecule has 0 unspecified atom stereocenters. The van der Waals surface area contributed by atoms with Crippen LogP contribution in [-0.4, -0.2) is 19.9 Å². The van der Waals surface area contributed by atoms with Crippen LogP contribution < -0.4 is 0 Å². The zero-order chi connectivity index (χ0) is 11.7. The molecule has 1 aromatic carbocycles. The molecule has 0 spiro atoms. The molecule has 0 amide bonds. The Hall–Kier alpha value is -1.95. The predicted molar refractivity (Wildman–Crippen MR) is 57.8 cm³/mol. The zero-order valence-corrected chi connectivity index (χ0v) is 9.05. The van der Waals surface area contributed by atoms with Gasteiger partial charge in [0.2, 0.25) is 0 Å². The first-order valence-corrected chi connectivity index (χ1v) is 4.78. The maximum atomic E-state index is 10.7. The summed E-state index contributed by atoms with van der Waals surface area (Å²) in [6.07, 6.45) is 3.01. The van der Waals surface area contributed by atoms with E-state index in [1.54, 1.807) is 13.0 Å². The fraction of sp³-hybridized carbons (Fsp3) is 0.111. The molecule has 0 aliphatic heterocycles. The average Bonchev–Trinajstić information content (AvgIpc) is 2.73. The number of hydrogen-bond donors (Lipinski definition) is 0. The molecule has 0 bridgehead atoms. The molecule has 16 heavy (non-hydrogen) atoms. The van der Waals surface area contributed by atoms with E-state index in [0.29, 0.717) is 11.3 Å². The Kier molecular flexibility index (Phi) is 2.57. The van der Waals surface area contributed by atoms with Crippen molar-refractivity contribution in [3.63, 3.8) is 0 Å². The van der Waals surface area contributed by atoms with Crippen molar-refractivity contribution in [2.45, 2.75) is 6.92 Å². The van der Waals surface area contributed by atoms with Crippen molar-refractivity contribution >= 4 is 17.3 Å². The van der Waals surface area contributed by atoms with Gasteiger partial charge in [-0.05, 0) is 13.0 Å². The standard InChI is InChI=1S/C9H7ClN4O2/c1-6-4-9(13-11-2-3-12-13)7(10)5-8(6)14(15)16/h2-5H,1H3. The lowest BCUT2D eigenvalue weighted by Gasteiger charge is -2.04. The van der Waals surface area contributed by atoms with E-state index in [9.17, 15) is 10.1 Å². The van der Waals surface area contributed by atoms with Crippen molar-refractivity contribution in [2.24, 2.45) is 0 Å². The van der Waals surface area contributed by atoms with Gasteiger partial charge in [0.25, 0.3) is 5.69 Å². The van der Waals surface area contributed by atoms with E-state index >= 15 is 0 Å². The smallest absolute Gasteiger partial charge is 0.258 e. The summed E-state index contributed by atoms with van der Waals surface area (Å²) in [6.45, 7) is 1.64. The van der Waals surface area contributed by atoms with E-state index in [4.69, 9.17) is 11.6 Å². The van der Waals surface area contributed by atoms with Gasteiger partial charge in [-0.1, -0.05) is 11.6 Å². The highest BCUT2D eigenvalue weighted by atomic mass is 35.5. The van der Waals surface area contributed by atoms with Crippen molar-refractivity contribution < 1.29 is 4.92 Å². The van der Waals surface area contributed by atoms with Gasteiger partial charge in [-0.3, -0.25) is 10.1 Å². The van der Waals surface area contributed by atoms with Gasteiger partial charge < -0.3 is 0 Å². The topological polar surface area (TPSA) is 73.8 Å². The van der Waals surface area contributed by atoms with E-state index < -0.39 is 4.92 Å². The van der Waals surface area contributed by atoms with E-state index in [0.717, 1.165) is 0 Å². The van der Waals surface area contributed by atoms with Crippen LogP contribution >= 0.6 is 11.6 Å². The molecule has 0 aliphatic carbocycles. The number of rotatable bonds is 2. The van der Waals surface area contributed by atoms with Crippen LogP contribution in [0.25, 0.3) is 5.69 Å². The predicted octanol–water partition coefficient (Wildman–Crippen LogP) is 2.14. The highest BCUT2D eigenvalue weighted by Crippen LogP contribution is 2.28. The van der Waals surface area contributed by atoms with Crippen LogP contribution in [0.3, 0.4) is 0 Å². The van der Waals surface area contributed by atoms with Gasteiger partial charge in [-0.2, -0.15) is 15.0 Å². The summed E-state index contributed by atoms with van der Waals surface area (Å²) in [4.78, 5) is 11.5. The second-order valence-corrected chi connectivity index (χ2v) is 3.57. The third-order valence-corrected chi connectivity index (χ3v) is 2.40. The van der Waals surface area contributed by atoms with Crippen molar-refractivity contribution in [3.05, 3.63) is 45.2 Å². The molecule has 7 heteroatoms.